The Labute approximate surface area is 162 Å². The molecule has 2 aliphatic rings. The van der Waals surface area contributed by atoms with Crippen molar-refractivity contribution in [1.29, 1.82) is 0 Å². The molecule has 0 amide bonds. The maximum atomic E-state index is 15.2. The zero-order chi connectivity index (χ0) is 20.0. The number of methoxy groups -OCH3 is 1. The molecule has 4 rings (SSSR count). The molecule has 1 unspecified atom stereocenters. The average Bonchev–Trinajstić information content (AvgIpc) is 3.52. The second-order valence-electron chi connectivity index (χ2n) is 7.38. The van der Waals surface area contributed by atoms with Crippen molar-refractivity contribution in [3.8, 4) is 5.75 Å². The largest absolute Gasteiger partial charge is 0.492 e. The van der Waals surface area contributed by atoms with Crippen molar-refractivity contribution in [2.24, 2.45) is 0 Å². The molecule has 0 spiro atoms. The van der Waals surface area contributed by atoms with Crippen LogP contribution in [0.4, 0.5) is 10.1 Å². The minimum atomic E-state index is -0.833. The Hall–Kier alpha value is -2.61. The number of carbonyl (C=O) groups is 1. The molecule has 1 atom stereocenters. The number of aromatic nitrogens is 1. The predicted molar refractivity (Wildman–Crippen MR) is 103 cm³/mol. The van der Waals surface area contributed by atoms with Gasteiger partial charge >= 0.3 is 5.97 Å². The number of hydrogen-bond donors (Lipinski definition) is 1. The number of ether oxygens (including phenoxy) is 2. The molecular formula is C20H23FN3O4. The third-order valence-electron chi connectivity index (χ3n) is 5.38. The van der Waals surface area contributed by atoms with E-state index in [1.54, 1.807) is 0 Å². The summed E-state index contributed by atoms with van der Waals surface area (Å²) in [4.78, 5) is 26.9. The quantitative estimate of drug-likeness (QED) is 0.810. The Morgan fingerprint density at radius 1 is 1.39 bits per heavy atom. The van der Waals surface area contributed by atoms with Gasteiger partial charge in [-0.15, -0.1) is 0 Å². The molecule has 1 aromatic carbocycles. The van der Waals surface area contributed by atoms with Crippen LogP contribution in [0.1, 0.15) is 36.2 Å². The second kappa shape index (κ2) is 7.09. The van der Waals surface area contributed by atoms with Crippen molar-refractivity contribution in [1.82, 2.24) is 9.88 Å². The van der Waals surface area contributed by atoms with Crippen LogP contribution in [0, 0.1) is 12.9 Å². The fourth-order valence-corrected chi connectivity index (χ4v) is 3.93. The number of hydrogen-bond acceptors (Lipinski definition) is 6. The van der Waals surface area contributed by atoms with Gasteiger partial charge in [-0.3, -0.25) is 4.79 Å². The third kappa shape index (κ3) is 3.01. The number of nitrogens with one attached hydrogen (secondary N) is 1. The first-order valence-electron chi connectivity index (χ1n) is 9.36. The van der Waals surface area contributed by atoms with Crippen LogP contribution < -0.4 is 20.4 Å². The van der Waals surface area contributed by atoms with E-state index in [1.165, 1.54) is 19.4 Å². The van der Waals surface area contributed by atoms with Crippen molar-refractivity contribution in [2.45, 2.75) is 31.8 Å². The molecule has 8 heteroatoms. The number of fused-ring (bicyclic) bond motifs is 1. The minimum absolute atomic E-state index is 0.107. The molecule has 1 radical (unpaired) electrons. The van der Waals surface area contributed by atoms with Crippen LogP contribution in [-0.4, -0.2) is 43.3 Å². The van der Waals surface area contributed by atoms with Gasteiger partial charge < -0.3 is 24.3 Å². The molecule has 2 fully saturated rings. The molecule has 0 bridgehead atoms. The summed E-state index contributed by atoms with van der Waals surface area (Å²) in [5.41, 5.74) is 0.125. The predicted octanol–water partition coefficient (Wildman–Crippen LogP) is 2.23. The summed E-state index contributed by atoms with van der Waals surface area (Å²) in [5.74, 6) is -1.05. The fraction of sp³-hybridized carbons (Fsp3) is 0.450. The molecule has 1 aliphatic carbocycles. The number of nitrogens with zero attached hydrogens (tertiary/aromatic N) is 2. The third-order valence-corrected chi connectivity index (χ3v) is 5.38. The molecule has 1 aliphatic heterocycles. The van der Waals surface area contributed by atoms with Gasteiger partial charge in [-0.05, 0) is 25.8 Å². The second-order valence-corrected chi connectivity index (χ2v) is 7.38. The number of halogens is 1. The Morgan fingerprint density at radius 2 is 2.14 bits per heavy atom. The van der Waals surface area contributed by atoms with Gasteiger partial charge in [0.15, 0.2) is 11.6 Å². The summed E-state index contributed by atoms with van der Waals surface area (Å²) in [6, 6.07) is 1.54. The highest BCUT2D eigenvalue weighted by molar-refractivity contribution is 5.97. The highest BCUT2D eigenvalue weighted by atomic mass is 19.1. The number of anilines is 1. The van der Waals surface area contributed by atoms with Gasteiger partial charge in [0.05, 0.1) is 18.0 Å². The summed E-state index contributed by atoms with van der Waals surface area (Å²) in [5, 5.41) is 3.44. The summed E-state index contributed by atoms with van der Waals surface area (Å²) in [6.45, 7) is 4.01. The SMILES string of the molecule is [CH2]OC(=O)c1cn(C2CC2)c2c(OC)c(N3CCNC(C)C3)c(F)cc2c1=O. The normalized spacial score (nSPS) is 19.7. The molecule has 1 N–H and O–H groups in total. The molecule has 1 saturated heterocycles. The summed E-state index contributed by atoms with van der Waals surface area (Å²) in [7, 11) is 4.57. The molecule has 2 aromatic rings. The molecular weight excluding hydrogens is 365 g/mol. The van der Waals surface area contributed by atoms with E-state index in [2.05, 4.69) is 17.2 Å². The number of piperazine rings is 1. The van der Waals surface area contributed by atoms with Crippen LogP contribution in [-0.2, 0) is 4.74 Å². The number of pyridine rings is 1. The van der Waals surface area contributed by atoms with Gasteiger partial charge in [0.25, 0.3) is 0 Å². The number of carbonyl (C=O) groups excluding carboxylic acids is 1. The molecule has 1 saturated carbocycles. The molecule has 149 valence electrons. The van der Waals surface area contributed by atoms with Crippen LogP contribution in [0.25, 0.3) is 10.9 Å². The first-order chi connectivity index (χ1) is 13.5. The molecule has 2 heterocycles. The Kier molecular flexibility index (Phi) is 4.74. The number of benzene rings is 1. The highest BCUT2D eigenvalue weighted by Crippen LogP contribution is 2.43. The number of rotatable bonds is 4. The van der Waals surface area contributed by atoms with E-state index in [0.29, 0.717) is 30.0 Å². The maximum absolute atomic E-state index is 15.2. The summed E-state index contributed by atoms with van der Waals surface area (Å²) >= 11 is 0. The van der Waals surface area contributed by atoms with Gasteiger partial charge in [0, 0.05) is 37.9 Å². The van der Waals surface area contributed by atoms with Crippen molar-refractivity contribution in [2.75, 3.05) is 31.6 Å². The highest BCUT2D eigenvalue weighted by Gasteiger charge is 2.32. The molecule has 28 heavy (non-hydrogen) atoms. The van der Waals surface area contributed by atoms with Crippen LogP contribution >= 0.6 is 0 Å². The van der Waals surface area contributed by atoms with Crippen LogP contribution in [0.5, 0.6) is 5.75 Å². The Bertz CT molecular complexity index is 999. The van der Waals surface area contributed by atoms with Crippen molar-refractivity contribution < 1.29 is 18.7 Å². The van der Waals surface area contributed by atoms with Crippen molar-refractivity contribution in [3.05, 3.63) is 41.0 Å². The van der Waals surface area contributed by atoms with E-state index in [0.717, 1.165) is 19.4 Å². The van der Waals surface area contributed by atoms with Gasteiger partial charge in [-0.2, -0.15) is 0 Å². The summed E-state index contributed by atoms with van der Waals surface area (Å²) < 4.78 is 27.2. The van der Waals surface area contributed by atoms with E-state index in [-0.39, 0.29) is 23.0 Å². The first-order valence-corrected chi connectivity index (χ1v) is 9.36. The fourth-order valence-electron chi connectivity index (χ4n) is 3.93. The Balaban J connectivity index is 2.02. The topological polar surface area (TPSA) is 72.8 Å². The maximum Gasteiger partial charge on any atom is 0.343 e. The van der Waals surface area contributed by atoms with E-state index in [1.807, 2.05) is 16.4 Å². The van der Waals surface area contributed by atoms with Gasteiger partial charge in [0.1, 0.15) is 18.4 Å². The van der Waals surface area contributed by atoms with Gasteiger partial charge in [-0.1, -0.05) is 0 Å². The van der Waals surface area contributed by atoms with Gasteiger partial charge in [0.2, 0.25) is 5.43 Å². The summed E-state index contributed by atoms with van der Waals surface area (Å²) in [6.07, 6.45) is 3.31. The van der Waals surface area contributed by atoms with Crippen LogP contribution in [0.15, 0.2) is 17.1 Å². The van der Waals surface area contributed by atoms with E-state index in [9.17, 15) is 9.59 Å². The molecule has 1 aromatic heterocycles. The van der Waals surface area contributed by atoms with Crippen LogP contribution in [0.3, 0.4) is 0 Å². The monoisotopic (exact) mass is 388 g/mol. The zero-order valence-electron chi connectivity index (χ0n) is 16.0. The lowest BCUT2D eigenvalue weighted by Crippen LogP contribution is -2.49. The smallest absolute Gasteiger partial charge is 0.343 e. The lowest BCUT2D eigenvalue weighted by atomic mass is 10.1. The Morgan fingerprint density at radius 3 is 2.75 bits per heavy atom. The van der Waals surface area contributed by atoms with E-state index < -0.39 is 17.2 Å². The van der Waals surface area contributed by atoms with Crippen LogP contribution in [0.2, 0.25) is 0 Å². The zero-order valence-corrected chi connectivity index (χ0v) is 16.0. The lowest BCUT2D eigenvalue weighted by molar-refractivity contribution is 0.0652. The minimum Gasteiger partial charge on any atom is -0.492 e. The van der Waals surface area contributed by atoms with Crippen molar-refractivity contribution >= 4 is 22.6 Å². The molecule has 7 nitrogen and oxygen atoms in total. The van der Waals surface area contributed by atoms with E-state index in [4.69, 9.17) is 4.74 Å². The first kappa shape index (κ1) is 18.7. The number of esters is 1. The van der Waals surface area contributed by atoms with E-state index >= 15 is 4.39 Å². The van der Waals surface area contributed by atoms with Gasteiger partial charge in [-0.25, -0.2) is 9.18 Å². The standard InChI is InChI=1S/C20H23FN3O4/c1-11-9-23(7-6-22-11)17-15(21)8-13-16(19(17)27-2)24(12-4-5-12)10-14(18(13)25)20(26)28-3/h8,10-12,22H,3-7,9H2,1-2H3. The lowest BCUT2D eigenvalue weighted by Gasteiger charge is -2.35. The average molecular weight is 388 g/mol. The van der Waals surface area contributed by atoms with Crippen molar-refractivity contribution in [3.63, 3.8) is 0 Å².